The van der Waals surface area contributed by atoms with Gasteiger partial charge in [0.05, 0.1) is 21.2 Å². The first-order chi connectivity index (χ1) is 18.9. The monoisotopic (exact) mass is 597 g/mol. The minimum absolute atomic E-state index is 0.0203. The molecule has 4 aromatic rings. The van der Waals surface area contributed by atoms with Gasteiger partial charge in [-0.3, -0.25) is 13.8 Å². The number of carbonyl (C=O) groups is 1. The molecule has 4 aromatic carbocycles. The second-order valence-corrected chi connectivity index (χ2v) is 13.2. The average Bonchev–Trinajstić information content (AvgIpc) is 2.91. The van der Waals surface area contributed by atoms with Gasteiger partial charge in [-0.15, -0.1) is 0 Å². The van der Waals surface area contributed by atoms with Crippen molar-refractivity contribution in [3.8, 4) is 0 Å². The molecule has 40 heavy (non-hydrogen) atoms. The maximum atomic E-state index is 13.5. The van der Waals surface area contributed by atoms with Gasteiger partial charge < -0.3 is 5.32 Å². The van der Waals surface area contributed by atoms with Gasteiger partial charge in [-0.2, -0.15) is 0 Å². The molecule has 208 valence electrons. The Labute approximate surface area is 239 Å². The first-order valence-electron chi connectivity index (χ1n) is 12.2. The fraction of sp³-hybridized carbons (Fsp3) is 0.138. The number of amides is 1. The third kappa shape index (κ3) is 6.64. The smallest absolute Gasteiger partial charge is 0.264 e. The zero-order valence-electron chi connectivity index (χ0n) is 22.1. The summed E-state index contributed by atoms with van der Waals surface area (Å²) < 4.78 is 56.4. The van der Waals surface area contributed by atoms with E-state index in [9.17, 15) is 21.6 Å². The van der Waals surface area contributed by atoms with Crippen LogP contribution in [0, 0.1) is 20.8 Å². The minimum Gasteiger partial charge on any atom is -0.325 e. The lowest BCUT2D eigenvalue weighted by Gasteiger charge is -2.24. The normalized spacial score (nSPS) is 11.6. The van der Waals surface area contributed by atoms with Crippen LogP contribution in [0.2, 0.25) is 5.02 Å². The maximum absolute atomic E-state index is 13.5. The molecule has 0 aliphatic carbocycles. The number of aryl methyl sites for hydroxylation is 2. The van der Waals surface area contributed by atoms with E-state index in [-0.39, 0.29) is 9.79 Å². The number of rotatable bonds is 9. The van der Waals surface area contributed by atoms with Crippen LogP contribution in [0.1, 0.15) is 16.7 Å². The number of benzene rings is 4. The lowest BCUT2D eigenvalue weighted by Crippen LogP contribution is -2.38. The zero-order valence-corrected chi connectivity index (χ0v) is 24.4. The Hall–Kier alpha value is -3.86. The highest BCUT2D eigenvalue weighted by Gasteiger charge is 2.27. The number of halogens is 1. The quantitative estimate of drug-likeness (QED) is 0.249. The summed E-state index contributed by atoms with van der Waals surface area (Å²) in [6.07, 6.45) is 0. The molecular formula is C29H28ClN3O5S2. The summed E-state index contributed by atoms with van der Waals surface area (Å²) in [4.78, 5) is 13.1. The van der Waals surface area contributed by atoms with E-state index in [1.54, 1.807) is 61.5 Å². The number of hydrogen-bond donors (Lipinski definition) is 2. The number of carbonyl (C=O) groups excluding carboxylic acids is 1. The van der Waals surface area contributed by atoms with Gasteiger partial charge >= 0.3 is 0 Å². The van der Waals surface area contributed by atoms with Crippen molar-refractivity contribution in [1.82, 2.24) is 0 Å². The Bertz CT molecular complexity index is 1740. The topological polar surface area (TPSA) is 113 Å². The maximum Gasteiger partial charge on any atom is 0.264 e. The molecule has 1 amide bonds. The molecule has 0 aliphatic rings. The molecule has 11 heteroatoms. The van der Waals surface area contributed by atoms with Crippen LogP contribution < -0.4 is 14.3 Å². The second kappa shape index (κ2) is 11.7. The van der Waals surface area contributed by atoms with Gasteiger partial charge in [-0.25, -0.2) is 16.8 Å². The van der Waals surface area contributed by atoms with Gasteiger partial charge in [0.1, 0.15) is 6.54 Å². The number of nitrogens with one attached hydrogen (secondary N) is 2. The van der Waals surface area contributed by atoms with Gasteiger partial charge in [0.2, 0.25) is 5.91 Å². The lowest BCUT2D eigenvalue weighted by molar-refractivity contribution is -0.114. The summed E-state index contributed by atoms with van der Waals surface area (Å²) in [5.41, 5.74) is 3.44. The average molecular weight is 598 g/mol. The largest absolute Gasteiger partial charge is 0.325 e. The summed E-state index contributed by atoms with van der Waals surface area (Å²) >= 11 is 6.09. The standard InChI is InChI=1S/C29H28ClN3O5S2/c1-20-7-13-24(14-8-20)33(40(37,38)26-15-9-21(2)10-16-26)19-29(34)31-23-11-17-25(18-12-23)39(35,36)32-28-6-4-5-27(30)22(28)3/h4-18,32H,19H2,1-3H3,(H,31,34). The molecule has 4 rings (SSSR count). The molecule has 0 spiro atoms. The molecule has 0 fully saturated rings. The number of anilines is 3. The number of sulfonamides is 2. The molecule has 0 radical (unpaired) electrons. The molecule has 0 saturated heterocycles. The van der Waals surface area contributed by atoms with E-state index in [1.807, 2.05) is 13.8 Å². The first kappa shape index (κ1) is 29.1. The van der Waals surface area contributed by atoms with E-state index in [4.69, 9.17) is 11.6 Å². The van der Waals surface area contributed by atoms with E-state index in [0.717, 1.165) is 15.4 Å². The molecule has 0 aliphatic heterocycles. The van der Waals surface area contributed by atoms with E-state index in [2.05, 4.69) is 10.0 Å². The van der Waals surface area contributed by atoms with E-state index < -0.39 is 32.5 Å². The van der Waals surface area contributed by atoms with E-state index in [1.165, 1.54) is 36.4 Å². The van der Waals surface area contributed by atoms with Gasteiger partial charge in [0.15, 0.2) is 0 Å². The van der Waals surface area contributed by atoms with Gasteiger partial charge in [0, 0.05) is 10.7 Å². The van der Waals surface area contributed by atoms with Gasteiger partial charge in [-0.05, 0) is 87.0 Å². The van der Waals surface area contributed by atoms with Crippen molar-refractivity contribution in [2.45, 2.75) is 30.6 Å². The van der Waals surface area contributed by atoms with E-state index in [0.29, 0.717) is 27.6 Å². The van der Waals surface area contributed by atoms with Crippen LogP contribution in [-0.2, 0) is 24.8 Å². The molecule has 0 unspecified atom stereocenters. The van der Waals surface area contributed by atoms with Crippen molar-refractivity contribution >= 4 is 54.6 Å². The minimum atomic E-state index is -4.06. The second-order valence-electron chi connectivity index (χ2n) is 9.25. The van der Waals surface area contributed by atoms with Crippen LogP contribution in [0.3, 0.4) is 0 Å². The SMILES string of the molecule is Cc1ccc(N(CC(=O)Nc2ccc(S(=O)(=O)Nc3cccc(Cl)c3C)cc2)S(=O)(=O)c2ccc(C)cc2)cc1. The third-order valence-electron chi connectivity index (χ3n) is 6.18. The third-order valence-corrected chi connectivity index (χ3v) is 9.76. The fourth-order valence-corrected chi connectivity index (χ4v) is 6.55. The number of nitrogens with zero attached hydrogens (tertiary/aromatic N) is 1. The zero-order chi connectivity index (χ0) is 29.1. The Morgan fingerprint density at radius 2 is 1.30 bits per heavy atom. The molecule has 8 nitrogen and oxygen atoms in total. The van der Waals surface area contributed by atoms with Crippen molar-refractivity contribution in [3.63, 3.8) is 0 Å². The molecule has 0 heterocycles. The van der Waals surface area contributed by atoms with Gasteiger partial charge in [0.25, 0.3) is 20.0 Å². The van der Waals surface area contributed by atoms with Crippen molar-refractivity contribution in [2.75, 3.05) is 20.9 Å². The van der Waals surface area contributed by atoms with E-state index >= 15 is 0 Å². The molecule has 0 atom stereocenters. The Balaban J connectivity index is 1.53. The van der Waals surface area contributed by atoms with Crippen molar-refractivity contribution in [2.24, 2.45) is 0 Å². The lowest BCUT2D eigenvalue weighted by atomic mass is 10.2. The fourth-order valence-electron chi connectivity index (χ4n) is 3.83. The Morgan fingerprint density at radius 1 is 0.750 bits per heavy atom. The predicted octanol–water partition coefficient (Wildman–Crippen LogP) is 5.90. The summed E-state index contributed by atoms with van der Waals surface area (Å²) in [5, 5.41) is 3.09. The molecule has 0 aromatic heterocycles. The Morgan fingerprint density at radius 3 is 1.90 bits per heavy atom. The molecule has 0 saturated carbocycles. The van der Waals surface area contributed by atoms with Crippen LogP contribution in [-0.4, -0.2) is 29.3 Å². The summed E-state index contributed by atoms with van der Waals surface area (Å²) in [6.45, 7) is 4.95. The molecule has 2 N–H and O–H groups in total. The summed E-state index contributed by atoms with van der Waals surface area (Å²) in [7, 11) is -7.98. The van der Waals surface area contributed by atoms with Crippen LogP contribution in [0.25, 0.3) is 0 Å². The summed E-state index contributed by atoms with van der Waals surface area (Å²) in [6, 6.07) is 23.7. The van der Waals surface area contributed by atoms with Crippen molar-refractivity contribution in [3.05, 3.63) is 113 Å². The molecular weight excluding hydrogens is 570 g/mol. The first-order valence-corrected chi connectivity index (χ1v) is 15.5. The van der Waals surface area contributed by atoms with Crippen LogP contribution in [0.5, 0.6) is 0 Å². The van der Waals surface area contributed by atoms with Crippen LogP contribution in [0.4, 0.5) is 17.1 Å². The Kier molecular flexibility index (Phi) is 8.53. The van der Waals surface area contributed by atoms with Crippen molar-refractivity contribution < 1.29 is 21.6 Å². The van der Waals surface area contributed by atoms with Gasteiger partial charge in [-0.1, -0.05) is 53.1 Å². The highest BCUT2D eigenvalue weighted by Crippen LogP contribution is 2.27. The molecule has 0 bridgehead atoms. The van der Waals surface area contributed by atoms with Crippen LogP contribution in [0.15, 0.2) is 101 Å². The summed E-state index contributed by atoms with van der Waals surface area (Å²) in [5.74, 6) is -0.598. The van der Waals surface area contributed by atoms with Crippen LogP contribution >= 0.6 is 11.6 Å². The number of hydrogen-bond acceptors (Lipinski definition) is 5. The predicted molar refractivity (Wildman–Crippen MR) is 159 cm³/mol. The van der Waals surface area contributed by atoms with Crippen molar-refractivity contribution in [1.29, 1.82) is 0 Å². The highest BCUT2D eigenvalue weighted by molar-refractivity contribution is 7.93. The highest BCUT2D eigenvalue weighted by atomic mass is 35.5.